The average molecular weight is 163 g/mol. The van der Waals surface area contributed by atoms with Crippen LogP contribution in [-0.4, -0.2) is 15.9 Å². The predicted molar refractivity (Wildman–Crippen MR) is 22.9 cm³/mol. The summed E-state index contributed by atoms with van der Waals surface area (Å²) in [5, 5.41) is 0. The van der Waals surface area contributed by atoms with Crippen molar-refractivity contribution in [2.24, 2.45) is 0 Å². The third-order valence-electron chi connectivity index (χ3n) is 0.763. The first-order valence-corrected chi connectivity index (χ1v) is 3.37. The van der Waals surface area contributed by atoms with Crippen LogP contribution in [0, 0.1) is 0 Å². The van der Waals surface area contributed by atoms with Crippen LogP contribution in [0.25, 0.3) is 0 Å². The van der Waals surface area contributed by atoms with Crippen molar-refractivity contribution < 1.29 is 25.0 Å². The molecule has 0 fully saturated rings. The number of nitrogens with zero attached hydrogens (tertiary/aromatic N) is 1. The van der Waals surface area contributed by atoms with Gasteiger partial charge in [0.15, 0.2) is 0 Å². The SMILES string of the molecule is CC[N]([Zr])CC. The van der Waals surface area contributed by atoms with E-state index in [0.717, 1.165) is 0 Å². The van der Waals surface area contributed by atoms with E-state index in [0.29, 0.717) is 0 Å². The summed E-state index contributed by atoms with van der Waals surface area (Å²) in [5.74, 6) is 0. The molecule has 0 N–H and O–H groups in total. The molecule has 0 bridgehead atoms. The first kappa shape index (κ1) is 6.84. The Morgan fingerprint density at radius 3 is 1.67 bits per heavy atom. The number of hydrogen-bond donors (Lipinski definition) is 0. The van der Waals surface area contributed by atoms with E-state index in [1.807, 2.05) is 0 Å². The topological polar surface area (TPSA) is 3.24 Å². The van der Waals surface area contributed by atoms with Crippen molar-refractivity contribution >= 4 is 0 Å². The molecule has 0 aliphatic carbocycles. The maximum atomic E-state index is 2.34. The second kappa shape index (κ2) is 4.01. The van der Waals surface area contributed by atoms with Crippen LogP contribution in [0.15, 0.2) is 0 Å². The van der Waals surface area contributed by atoms with Crippen LogP contribution in [0.5, 0.6) is 0 Å². The fourth-order valence-corrected chi connectivity index (χ4v) is 0.224. The normalized spacial score (nSPS) is 9.67. The van der Waals surface area contributed by atoms with Crippen molar-refractivity contribution in [2.45, 2.75) is 13.8 Å². The van der Waals surface area contributed by atoms with Crippen molar-refractivity contribution in [2.75, 3.05) is 13.1 Å². The molecule has 0 aromatic heterocycles. The summed E-state index contributed by atoms with van der Waals surface area (Å²) < 4.78 is 2.34. The molecule has 0 saturated carbocycles. The van der Waals surface area contributed by atoms with Crippen molar-refractivity contribution in [1.82, 2.24) is 2.84 Å². The second-order valence-corrected chi connectivity index (χ2v) is 2.73. The Kier molecular flexibility index (Phi) is 4.58. The van der Waals surface area contributed by atoms with Gasteiger partial charge >= 0.3 is 54.8 Å². The molecule has 0 aliphatic rings. The number of rotatable bonds is 2. The molecule has 0 radical (unpaired) electrons. The third kappa shape index (κ3) is 3.05. The monoisotopic (exact) mass is 162 g/mol. The minimum atomic E-state index is 1.20. The summed E-state index contributed by atoms with van der Waals surface area (Å²) in [6.45, 7) is 6.76. The van der Waals surface area contributed by atoms with Crippen LogP contribution >= 0.6 is 0 Å². The molecule has 0 aromatic rings. The van der Waals surface area contributed by atoms with Crippen LogP contribution < -0.4 is 0 Å². The van der Waals surface area contributed by atoms with Gasteiger partial charge in [0.25, 0.3) is 0 Å². The van der Waals surface area contributed by atoms with Crippen molar-refractivity contribution in [3.8, 4) is 0 Å². The van der Waals surface area contributed by atoms with E-state index in [-0.39, 0.29) is 0 Å². The molecule has 0 amide bonds. The van der Waals surface area contributed by atoms with Gasteiger partial charge in [-0.1, -0.05) is 0 Å². The minimum absolute atomic E-state index is 1.20. The zero-order valence-electron chi connectivity index (χ0n) is 4.36. The van der Waals surface area contributed by atoms with Gasteiger partial charge in [-0.3, -0.25) is 0 Å². The van der Waals surface area contributed by atoms with E-state index in [2.05, 4.69) is 16.7 Å². The zero-order valence-corrected chi connectivity index (χ0v) is 6.82. The van der Waals surface area contributed by atoms with E-state index in [1.165, 1.54) is 38.1 Å². The molecule has 0 rings (SSSR count). The fourth-order valence-electron chi connectivity index (χ4n) is 0.224. The van der Waals surface area contributed by atoms with Gasteiger partial charge < -0.3 is 0 Å². The van der Waals surface area contributed by atoms with Crippen molar-refractivity contribution in [3.63, 3.8) is 0 Å². The molecule has 1 nitrogen and oxygen atoms in total. The second-order valence-electron chi connectivity index (χ2n) is 1.17. The predicted octanol–water partition coefficient (Wildman–Crippen LogP) is 0.790. The Morgan fingerprint density at radius 1 is 1.33 bits per heavy atom. The molecule has 0 unspecified atom stereocenters. The first-order valence-electron chi connectivity index (χ1n) is 2.27. The molecular weight excluding hydrogens is 153 g/mol. The summed E-state index contributed by atoms with van der Waals surface area (Å²) in [5.41, 5.74) is 0. The van der Waals surface area contributed by atoms with Gasteiger partial charge in [-0.15, -0.1) is 0 Å². The van der Waals surface area contributed by atoms with Crippen LogP contribution in [0.3, 0.4) is 0 Å². The van der Waals surface area contributed by atoms with Gasteiger partial charge in [-0.2, -0.15) is 0 Å². The zero-order chi connectivity index (χ0) is 4.99. The summed E-state index contributed by atoms with van der Waals surface area (Å²) in [7, 11) is 0. The molecular formula is C4H10NZr. The van der Waals surface area contributed by atoms with Crippen LogP contribution in [0.1, 0.15) is 13.8 Å². The summed E-state index contributed by atoms with van der Waals surface area (Å²) in [6, 6.07) is 0. The first-order chi connectivity index (χ1) is 2.81. The average Bonchev–Trinajstić information content (AvgIpc) is 1.65. The van der Waals surface area contributed by atoms with Gasteiger partial charge in [-0.05, 0) is 0 Å². The quantitative estimate of drug-likeness (QED) is 0.582. The van der Waals surface area contributed by atoms with Crippen LogP contribution in [0.4, 0.5) is 0 Å². The van der Waals surface area contributed by atoms with Gasteiger partial charge in [0.1, 0.15) is 0 Å². The van der Waals surface area contributed by atoms with Gasteiger partial charge in [0, 0.05) is 0 Å². The van der Waals surface area contributed by atoms with Gasteiger partial charge in [-0.25, -0.2) is 0 Å². The van der Waals surface area contributed by atoms with E-state index in [9.17, 15) is 0 Å². The molecule has 2 heteroatoms. The van der Waals surface area contributed by atoms with E-state index in [4.69, 9.17) is 0 Å². The van der Waals surface area contributed by atoms with Crippen molar-refractivity contribution in [1.29, 1.82) is 0 Å². The molecule has 6 heavy (non-hydrogen) atoms. The Bertz CT molecular complexity index is 26.7. The molecule has 35 valence electrons. The Morgan fingerprint density at radius 2 is 1.67 bits per heavy atom. The third-order valence-corrected chi connectivity index (χ3v) is 2.32. The molecule has 0 heterocycles. The van der Waals surface area contributed by atoms with Gasteiger partial charge in [0.2, 0.25) is 0 Å². The molecule has 0 aromatic carbocycles. The molecule has 0 spiro atoms. The Balaban J connectivity index is 2.75. The van der Waals surface area contributed by atoms with E-state index >= 15 is 0 Å². The van der Waals surface area contributed by atoms with Crippen LogP contribution in [0.2, 0.25) is 0 Å². The van der Waals surface area contributed by atoms with Crippen LogP contribution in [-0.2, 0) is 25.0 Å². The Labute approximate surface area is 55.0 Å². The van der Waals surface area contributed by atoms with E-state index < -0.39 is 0 Å². The summed E-state index contributed by atoms with van der Waals surface area (Å²) >= 11 is 1.54. The maximum absolute atomic E-state index is 2.34. The standard InChI is InChI=1S/C4H10N.Zr/c1-3-5-4-2;/h3-4H2,1-2H3;/q-1;+1. The molecule has 0 aliphatic heterocycles. The van der Waals surface area contributed by atoms with Gasteiger partial charge in [0.05, 0.1) is 0 Å². The number of hydrogen-bond acceptors (Lipinski definition) is 1. The summed E-state index contributed by atoms with van der Waals surface area (Å²) in [6.07, 6.45) is 0. The molecule has 0 saturated heterocycles. The van der Waals surface area contributed by atoms with E-state index in [1.54, 1.807) is 0 Å². The summed E-state index contributed by atoms with van der Waals surface area (Å²) in [4.78, 5) is 0. The fraction of sp³-hybridized carbons (Fsp3) is 1.00. The molecule has 0 atom stereocenters. The van der Waals surface area contributed by atoms with Crippen molar-refractivity contribution in [3.05, 3.63) is 0 Å². The Hall–Kier alpha value is 0.843.